The third kappa shape index (κ3) is 5.90. The van der Waals surface area contributed by atoms with Gasteiger partial charge in [0.1, 0.15) is 0 Å². The molecule has 0 aliphatic heterocycles. The number of benzene rings is 1. The Balaban J connectivity index is 2.37. The van der Waals surface area contributed by atoms with Crippen LogP contribution in [0.1, 0.15) is 29.8 Å². The number of nitrogens with one attached hydrogen (secondary N) is 1. The first kappa shape index (κ1) is 17.0. The zero-order chi connectivity index (χ0) is 15.1. The van der Waals surface area contributed by atoms with Crippen LogP contribution in [0.3, 0.4) is 0 Å². The minimum Gasteiger partial charge on any atom is -0.389 e. The van der Waals surface area contributed by atoms with Crippen LogP contribution in [-0.4, -0.2) is 36.9 Å². The van der Waals surface area contributed by atoms with Gasteiger partial charge < -0.3 is 15.2 Å². The van der Waals surface area contributed by atoms with Crippen molar-refractivity contribution in [2.24, 2.45) is 5.92 Å². The molecule has 2 N–H and O–H groups in total. The summed E-state index contributed by atoms with van der Waals surface area (Å²) in [4.78, 5) is 11.9. The minimum absolute atomic E-state index is 0.155. The highest BCUT2D eigenvalue weighted by molar-refractivity contribution is 6.31. The molecule has 0 saturated heterocycles. The van der Waals surface area contributed by atoms with Crippen LogP contribution in [0.15, 0.2) is 18.2 Å². The van der Waals surface area contributed by atoms with Crippen molar-refractivity contribution in [1.82, 2.24) is 5.32 Å². The monoisotopic (exact) mass is 299 g/mol. The van der Waals surface area contributed by atoms with Gasteiger partial charge in [0, 0.05) is 23.7 Å². The predicted octanol–water partition coefficient (Wildman–Crippen LogP) is 2.41. The van der Waals surface area contributed by atoms with Gasteiger partial charge in [-0.1, -0.05) is 31.5 Å². The third-order valence-electron chi connectivity index (χ3n) is 2.69. The van der Waals surface area contributed by atoms with Crippen molar-refractivity contribution in [3.63, 3.8) is 0 Å². The van der Waals surface area contributed by atoms with Crippen molar-refractivity contribution in [2.45, 2.75) is 26.9 Å². The van der Waals surface area contributed by atoms with Gasteiger partial charge in [-0.15, -0.1) is 0 Å². The molecule has 1 aromatic carbocycles. The summed E-state index contributed by atoms with van der Waals surface area (Å²) in [6.45, 7) is 6.92. The zero-order valence-electron chi connectivity index (χ0n) is 12.1. The Kier molecular flexibility index (Phi) is 6.99. The van der Waals surface area contributed by atoms with E-state index in [4.69, 9.17) is 16.3 Å². The second-order valence-corrected chi connectivity index (χ2v) is 5.67. The number of aryl methyl sites for hydroxylation is 1. The number of ether oxygens (including phenoxy) is 1. The van der Waals surface area contributed by atoms with E-state index in [-0.39, 0.29) is 19.1 Å². The van der Waals surface area contributed by atoms with E-state index < -0.39 is 6.10 Å². The number of carbonyl (C=O) groups is 1. The standard InChI is InChI=1S/C15H22ClNO3/c1-10(2)8-20-9-13(18)7-17-15(19)12-5-4-11(3)14(16)6-12/h4-6,10,13,18H,7-9H2,1-3H3,(H,17,19). The van der Waals surface area contributed by atoms with Gasteiger partial charge in [-0.2, -0.15) is 0 Å². The molecule has 1 aromatic rings. The molecular formula is C15H22ClNO3. The van der Waals surface area contributed by atoms with E-state index in [0.717, 1.165) is 5.56 Å². The Morgan fingerprint density at radius 3 is 2.70 bits per heavy atom. The summed E-state index contributed by atoms with van der Waals surface area (Å²) in [5, 5.41) is 12.9. The summed E-state index contributed by atoms with van der Waals surface area (Å²) >= 11 is 5.97. The highest BCUT2D eigenvalue weighted by Crippen LogP contribution is 2.16. The first-order valence-electron chi connectivity index (χ1n) is 6.70. The molecular weight excluding hydrogens is 278 g/mol. The maximum absolute atomic E-state index is 11.9. The van der Waals surface area contributed by atoms with Crippen LogP contribution < -0.4 is 5.32 Å². The Hall–Kier alpha value is -1.10. The number of hydrogen-bond donors (Lipinski definition) is 2. The van der Waals surface area contributed by atoms with Crippen LogP contribution in [0.5, 0.6) is 0 Å². The van der Waals surface area contributed by atoms with Crippen LogP contribution in [-0.2, 0) is 4.74 Å². The summed E-state index contributed by atoms with van der Waals surface area (Å²) in [6.07, 6.45) is -0.710. The van der Waals surface area contributed by atoms with Crippen molar-refractivity contribution >= 4 is 17.5 Å². The minimum atomic E-state index is -0.710. The second kappa shape index (κ2) is 8.25. The molecule has 1 unspecified atom stereocenters. The summed E-state index contributed by atoms with van der Waals surface area (Å²) in [6, 6.07) is 5.12. The number of carbonyl (C=O) groups excluding carboxylic acids is 1. The van der Waals surface area contributed by atoms with E-state index in [0.29, 0.717) is 23.1 Å². The van der Waals surface area contributed by atoms with E-state index >= 15 is 0 Å². The van der Waals surface area contributed by atoms with Crippen molar-refractivity contribution in [3.8, 4) is 0 Å². The Labute approximate surface area is 125 Å². The van der Waals surface area contributed by atoms with E-state index in [1.165, 1.54) is 0 Å². The molecule has 0 heterocycles. The predicted molar refractivity (Wildman–Crippen MR) is 80.2 cm³/mol. The number of rotatable bonds is 7. The number of amides is 1. The van der Waals surface area contributed by atoms with Gasteiger partial charge in [0.25, 0.3) is 5.91 Å². The van der Waals surface area contributed by atoms with E-state index in [1.807, 2.05) is 20.8 Å². The highest BCUT2D eigenvalue weighted by Gasteiger charge is 2.10. The van der Waals surface area contributed by atoms with Crippen molar-refractivity contribution < 1.29 is 14.6 Å². The van der Waals surface area contributed by atoms with E-state index in [9.17, 15) is 9.90 Å². The molecule has 0 aliphatic carbocycles. The molecule has 112 valence electrons. The van der Waals surface area contributed by atoms with Gasteiger partial charge in [0.2, 0.25) is 0 Å². The van der Waals surface area contributed by atoms with Gasteiger partial charge >= 0.3 is 0 Å². The highest BCUT2D eigenvalue weighted by atomic mass is 35.5. The first-order chi connectivity index (χ1) is 9.40. The number of hydrogen-bond acceptors (Lipinski definition) is 3. The lowest BCUT2D eigenvalue weighted by molar-refractivity contribution is 0.0259. The fraction of sp³-hybridized carbons (Fsp3) is 0.533. The van der Waals surface area contributed by atoms with Crippen LogP contribution >= 0.6 is 11.6 Å². The summed E-state index contributed by atoms with van der Waals surface area (Å²) < 4.78 is 5.31. The van der Waals surface area contributed by atoms with Crippen LogP contribution in [0.4, 0.5) is 0 Å². The van der Waals surface area contributed by atoms with E-state index in [1.54, 1.807) is 18.2 Å². The summed E-state index contributed by atoms with van der Waals surface area (Å²) in [5.74, 6) is 0.168. The van der Waals surface area contributed by atoms with Gasteiger partial charge in [0.15, 0.2) is 0 Å². The van der Waals surface area contributed by atoms with Crippen molar-refractivity contribution in [2.75, 3.05) is 19.8 Å². The van der Waals surface area contributed by atoms with Crippen LogP contribution in [0.2, 0.25) is 5.02 Å². The van der Waals surface area contributed by atoms with Gasteiger partial charge in [0.05, 0.1) is 12.7 Å². The number of aliphatic hydroxyl groups is 1. The van der Waals surface area contributed by atoms with Crippen molar-refractivity contribution in [3.05, 3.63) is 34.3 Å². The molecule has 1 atom stereocenters. The van der Waals surface area contributed by atoms with Gasteiger partial charge in [-0.3, -0.25) is 4.79 Å². The largest absolute Gasteiger partial charge is 0.389 e. The Bertz CT molecular complexity index is 449. The molecule has 0 fully saturated rings. The first-order valence-corrected chi connectivity index (χ1v) is 7.08. The maximum Gasteiger partial charge on any atom is 0.251 e. The fourth-order valence-electron chi connectivity index (χ4n) is 1.55. The molecule has 0 aliphatic rings. The smallest absolute Gasteiger partial charge is 0.251 e. The summed E-state index contributed by atoms with van der Waals surface area (Å²) in [5.41, 5.74) is 1.40. The molecule has 0 radical (unpaired) electrons. The normalized spacial score (nSPS) is 12.5. The molecule has 0 saturated carbocycles. The fourth-order valence-corrected chi connectivity index (χ4v) is 1.73. The van der Waals surface area contributed by atoms with Gasteiger partial charge in [-0.25, -0.2) is 0 Å². The quantitative estimate of drug-likeness (QED) is 0.813. The lowest BCUT2D eigenvalue weighted by Gasteiger charge is -2.13. The zero-order valence-corrected chi connectivity index (χ0v) is 12.9. The lowest BCUT2D eigenvalue weighted by atomic mass is 10.1. The Morgan fingerprint density at radius 1 is 1.40 bits per heavy atom. The maximum atomic E-state index is 11.9. The molecule has 20 heavy (non-hydrogen) atoms. The van der Waals surface area contributed by atoms with Crippen molar-refractivity contribution in [1.29, 1.82) is 0 Å². The summed E-state index contributed by atoms with van der Waals surface area (Å²) in [7, 11) is 0. The molecule has 1 rings (SSSR count). The lowest BCUT2D eigenvalue weighted by Crippen LogP contribution is -2.34. The average Bonchev–Trinajstić information content (AvgIpc) is 2.38. The molecule has 5 heteroatoms. The van der Waals surface area contributed by atoms with Crippen LogP contribution in [0, 0.1) is 12.8 Å². The molecule has 0 bridgehead atoms. The molecule has 0 aromatic heterocycles. The molecule has 4 nitrogen and oxygen atoms in total. The third-order valence-corrected chi connectivity index (χ3v) is 3.10. The Morgan fingerprint density at radius 2 is 2.10 bits per heavy atom. The molecule has 0 spiro atoms. The molecule has 1 amide bonds. The number of aliphatic hydroxyl groups excluding tert-OH is 1. The average molecular weight is 300 g/mol. The second-order valence-electron chi connectivity index (χ2n) is 5.26. The SMILES string of the molecule is Cc1ccc(C(=O)NCC(O)COCC(C)C)cc1Cl. The topological polar surface area (TPSA) is 58.6 Å². The van der Waals surface area contributed by atoms with Crippen LogP contribution in [0.25, 0.3) is 0 Å². The number of halogens is 1. The van der Waals surface area contributed by atoms with E-state index in [2.05, 4.69) is 5.32 Å². The van der Waals surface area contributed by atoms with Gasteiger partial charge in [-0.05, 0) is 30.5 Å².